The van der Waals surface area contributed by atoms with Crippen molar-refractivity contribution < 1.29 is 9.47 Å². The van der Waals surface area contributed by atoms with Crippen molar-refractivity contribution in [3.8, 4) is 0 Å². The van der Waals surface area contributed by atoms with Gasteiger partial charge in [-0.05, 0) is 24.1 Å². The predicted octanol–water partition coefficient (Wildman–Crippen LogP) is 0.805. The molecule has 0 saturated carbocycles. The van der Waals surface area contributed by atoms with Crippen LogP contribution in [0.15, 0.2) is 18.5 Å². The van der Waals surface area contributed by atoms with Crippen LogP contribution in [0.2, 0.25) is 0 Å². The molecule has 1 aromatic rings. The Hall–Kier alpha value is -0.970. The molecule has 2 atom stereocenters. The highest BCUT2D eigenvalue weighted by Crippen LogP contribution is 2.21. The van der Waals surface area contributed by atoms with E-state index in [2.05, 4.69) is 4.98 Å². The minimum absolute atomic E-state index is 0.0540. The molecule has 2 heterocycles. The number of aryl methyl sites for hydroxylation is 1. The lowest BCUT2D eigenvalue weighted by Gasteiger charge is -2.28. The van der Waals surface area contributed by atoms with E-state index >= 15 is 0 Å². The van der Waals surface area contributed by atoms with Crippen molar-refractivity contribution in [3.05, 3.63) is 29.6 Å². The van der Waals surface area contributed by atoms with Gasteiger partial charge in [0, 0.05) is 12.4 Å². The van der Waals surface area contributed by atoms with Crippen molar-refractivity contribution in [2.24, 2.45) is 5.73 Å². The molecule has 0 radical (unpaired) electrons. The van der Waals surface area contributed by atoms with E-state index in [0.717, 1.165) is 11.1 Å². The van der Waals surface area contributed by atoms with Gasteiger partial charge in [0.05, 0.1) is 25.9 Å². The van der Waals surface area contributed by atoms with Gasteiger partial charge in [-0.15, -0.1) is 0 Å². The first-order valence-corrected chi connectivity index (χ1v) is 5.14. The number of rotatable bonds is 2. The predicted molar refractivity (Wildman–Crippen MR) is 56.5 cm³/mol. The van der Waals surface area contributed by atoms with Gasteiger partial charge in [0.15, 0.2) is 0 Å². The first kappa shape index (κ1) is 10.5. The Morgan fingerprint density at radius 3 is 3.07 bits per heavy atom. The topological polar surface area (TPSA) is 57.4 Å². The van der Waals surface area contributed by atoms with Crippen LogP contribution < -0.4 is 5.73 Å². The second kappa shape index (κ2) is 4.70. The van der Waals surface area contributed by atoms with Gasteiger partial charge in [0.25, 0.3) is 0 Å². The van der Waals surface area contributed by atoms with Crippen molar-refractivity contribution in [2.45, 2.75) is 19.1 Å². The molecule has 2 N–H and O–H groups in total. The number of hydrogen-bond acceptors (Lipinski definition) is 4. The summed E-state index contributed by atoms with van der Waals surface area (Å²) < 4.78 is 10.9. The van der Waals surface area contributed by atoms with Crippen molar-refractivity contribution in [2.75, 3.05) is 19.8 Å². The minimum atomic E-state index is -0.154. The van der Waals surface area contributed by atoms with E-state index in [1.165, 1.54) is 0 Å². The van der Waals surface area contributed by atoms with Gasteiger partial charge < -0.3 is 15.2 Å². The fourth-order valence-corrected chi connectivity index (χ4v) is 1.74. The molecular formula is C11H16N2O2. The van der Waals surface area contributed by atoms with Gasteiger partial charge >= 0.3 is 0 Å². The zero-order valence-corrected chi connectivity index (χ0v) is 8.85. The third-order valence-electron chi connectivity index (χ3n) is 2.68. The Kier molecular flexibility index (Phi) is 3.30. The molecule has 1 aromatic heterocycles. The standard InChI is InChI=1S/C11H16N2O2/c1-8-2-3-13-6-9(8)11(12)10-7-14-4-5-15-10/h2-3,6,10-11H,4-5,7,12H2,1H3. The van der Waals surface area contributed by atoms with Crippen LogP contribution in [0.5, 0.6) is 0 Å². The maximum Gasteiger partial charge on any atom is 0.100 e. The highest BCUT2D eigenvalue weighted by atomic mass is 16.6. The van der Waals surface area contributed by atoms with Gasteiger partial charge in [0.2, 0.25) is 0 Å². The summed E-state index contributed by atoms with van der Waals surface area (Å²) in [5.74, 6) is 0. The van der Waals surface area contributed by atoms with Gasteiger partial charge in [-0.2, -0.15) is 0 Å². The lowest BCUT2D eigenvalue weighted by Crippen LogP contribution is -2.38. The van der Waals surface area contributed by atoms with Crippen LogP contribution in [0, 0.1) is 6.92 Å². The lowest BCUT2D eigenvalue weighted by molar-refractivity contribution is -0.0976. The second-order valence-electron chi connectivity index (χ2n) is 3.74. The lowest BCUT2D eigenvalue weighted by atomic mass is 10.00. The molecule has 4 nitrogen and oxygen atoms in total. The van der Waals surface area contributed by atoms with Gasteiger partial charge in [-0.1, -0.05) is 0 Å². The van der Waals surface area contributed by atoms with E-state index in [0.29, 0.717) is 19.8 Å². The van der Waals surface area contributed by atoms with Crippen molar-refractivity contribution in [1.82, 2.24) is 4.98 Å². The highest BCUT2D eigenvalue weighted by molar-refractivity contribution is 5.25. The van der Waals surface area contributed by atoms with Gasteiger partial charge in [-0.25, -0.2) is 0 Å². The molecule has 2 unspecified atom stereocenters. The summed E-state index contributed by atoms with van der Waals surface area (Å²) in [6, 6.07) is 1.80. The maximum absolute atomic E-state index is 6.13. The van der Waals surface area contributed by atoms with Gasteiger partial charge in [0.1, 0.15) is 6.10 Å². The van der Waals surface area contributed by atoms with Gasteiger partial charge in [-0.3, -0.25) is 4.98 Å². The van der Waals surface area contributed by atoms with E-state index in [-0.39, 0.29) is 12.1 Å². The molecule has 1 saturated heterocycles. The van der Waals surface area contributed by atoms with E-state index in [1.807, 2.05) is 13.0 Å². The van der Waals surface area contributed by atoms with Crippen LogP contribution in [0.3, 0.4) is 0 Å². The van der Waals surface area contributed by atoms with Crippen LogP contribution in [0.1, 0.15) is 17.2 Å². The highest BCUT2D eigenvalue weighted by Gasteiger charge is 2.24. The Labute approximate surface area is 89.4 Å². The zero-order chi connectivity index (χ0) is 10.7. The normalized spacial score (nSPS) is 23.7. The summed E-state index contributed by atoms with van der Waals surface area (Å²) in [7, 11) is 0. The fourth-order valence-electron chi connectivity index (χ4n) is 1.74. The summed E-state index contributed by atoms with van der Waals surface area (Å²) in [5, 5.41) is 0. The van der Waals surface area contributed by atoms with Crippen molar-refractivity contribution in [3.63, 3.8) is 0 Å². The quantitative estimate of drug-likeness (QED) is 0.781. The third-order valence-corrected chi connectivity index (χ3v) is 2.68. The number of nitrogens with two attached hydrogens (primary N) is 1. The van der Waals surface area contributed by atoms with E-state index in [9.17, 15) is 0 Å². The molecule has 4 heteroatoms. The molecule has 0 bridgehead atoms. The van der Waals surface area contributed by atoms with Crippen LogP contribution in [-0.2, 0) is 9.47 Å². The largest absolute Gasteiger partial charge is 0.376 e. The summed E-state index contributed by atoms with van der Waals surface area (Å²) in [4.78, 5) is 4.09. The maximum atomic E-state index is 6.13. The molecule has 0 aromatic carbocycles. The Balaban J connectivity index is 2.12. The molecule has 1 aliphatic rings. The molecule has 82 valence electrons. The smallest absolute Gasteiger partial charge is 0.100 e. The number of hydrogen-bond donors (Lipinski definition) is 1. The van der Waals surface area contributed by atoms with E-state index in [4.69, 9.17) is 15.2 Å². The summed E-state index contributed by atoms with van der Waals surface area (Å²) in [6.07, 6.45) is 3.52. The Morgan fingerprint density at radius 1 is 1.53 bits per heavy atom. The fraction of sp³-hybridized carbons (Fsp3) is 0.545. The number of ether oxygens (including phenoxy) is 2. The molecule has 0 spiro atoms. The summed E-state index contributed by atoms with van der Waals surface area (Å²) in [5.41, 5.74) is 8.31. The first-order chi connectivity index (χ1) is 7.29. The summed E-state index contributed by atoms with van der Waals surface area (Å²) in [6.45, 7) is 3.88. The monoisotopic (exact) mass is 208 g/mol. The van der Waals surface area contributed by atoms with Crippen LogP contribution >= 0.6 is 0 Å². The number of pyridine rings is 1. The molecule has 2 rings (SSSR count). The average Bonchev–Trinajstić information content (AvgIpc) is 2.30. The van der Waals surface area contributed by atoms with E-state index < -0.39 is 0 Å². The van der Waals surface area contributed by atoms with Crippen molar-refractivity contribution in [1.29, 1.82) is 0 Å². The van der Waals surface area contributed by atoms with Crippen molar-refractivity contribution >= 4 is 0 Å². The second-order valence-corrected chi connectivity index (χ2v) is 3.74. The molecule has 0 aliphatic carbocycles. The van der Waals surface area contributed by atoms with Crippen LogP contribution in [0.25, 0.3) is 0 Å². The average molecular weight is 208 g/mol. The molecule has 1 fully saturated rings. The molecule has 0 amide bonds. The number of nitrogens with zero attached hydrogens (tertiary/aromatic N) is 1. The van der Waals surface area contributed by atoms with Crippen LogP contribution in [0.4, 0.5) is 0 Å². The zero-order valence-electron chi connectivity index (χ0n) is 8.85. The molecule has 1 aliphatic heterocycles. The SMILES string of the molecule is Cc1ccncc1C(N)C1COCCO1. The Bertz CT molecular complexity index is 324. The first-order valence-electron chi connectivity index (χ1n) is 5.14. The van der Waals surface area contributed by atoms with E-state index in [1.54, 1.807) is 12.4 Å². The third kappa shape index (κ3) is 2.34. The Morgan fingerprint density at radius 2 is 2.40 bits per heavy atom. The van der Waals surface area contributed by atoms with Crippen LogP contribution in [-0.4, -0.2) is 30.9 Å². The molecular weight excluding hydrogens is 192 g/mol. The number of aromatic nitrogens is 1. The minimum Gasteiger partial charge on any atom is -0.376 e. The summed E-state index contributed by atoms with van der Waals surface area (Å²) >= 11 is 0. The molecule has 15 heavy (non-hydrogen) atoms.